The van der Waals surface area contributed by atoms with Crippen molar-refractivity contribution in [3.05, 3.63) is 68.4 Å². The van der Waals surface area contributed by atoms with Crippen molar-refractivity contribution in [2.45, 2.75) is 18.1 Å². The lowest BCUT2D eigenvalue weighted by atomic mass is 10.2. The SMILES string of the molecule is C[C@@H](NC(=O)c1ccc(Cl)c(Cl)c1)c1nnc(SCC(=O)Nc2ccc(Br)cc2)n1C. The molecule has 0 aliphatic carbocycles. The summed E-state index contributed by atoms with van der Waals surface area (Å²) >= 11 is 16.5. The summed E-state index contributed by atoms with van der Waals surface area (Å²) in [5.74, 6) is 0.269. The van der Waals surface area contributed by atoms with Crippen LogP contribution < -0.4 is 10.6 Å². The zero-order valence-electron chi connectivity index (χ0n) is 16.5. The van der Waals surface area contributed by atoms with Crippen molar-refractivity contribution in [3.63, 3.8) is 0 Å². The predicted molar refractivity (Wildman–Crippen MR) is 127 cm³/mol. The summed E-state index contributed by atoms with van der Waals surface area (Å²) in [6.07, 6.45) is 0. The summed E-state index contributed by atoms with van der Waals surface area (Å²) in [4.78, 5) is 24.7. The van der Waals surface area contributed by atoms with Gasteiger partial charge < -0.3 is 15.2 Å². The average Bonchev–Trinajstić information content (AvgIpc) is 3.10. The topological polar surface area (TPSA) is 88.9 Å². The number of benzene rings is 2. The number of halogens is 3. The number of anilines is 1. The third-order valence-electron chi connectivity index (χ3n) is 4.25. The number of thioether (sulfide) groups is 1. The second kappa shape index (κ2) is 10.5. The maximum Gasteiger partial charge on any atom is 0.251 e. The van der Waals surface area contributed by atoms with E-state index in [1.807, 2.05) is 24.3 Å². The molecule has 2 N–H and O–H groups in total. The van der Waals surface area contributed by atoms with Crippen molar-refractivity contribution in [2.75, 3.05) is 11.1 Å². The zero-order chi connectivity index (χ0) is 22.5. The molecule has 0 bridgehead atoms. The Kier molecular flexibility index (Phi) is 7.99. The standard InChI is InChI=1S/C20H18BrCl2N5O2S/c1-11(24-19(30)12-3-8-15(22)16(23)9-12)18-26-27-20(28(18)2)31-10-17(29)25-14-6-4-13(21)5-7-14/h3-9,11H,10H2,1-2H3,(H,24,30)(H,25,29)/t11-/m1/s1. The lowest BCUT2D eigenvalue weighted by molar-refractivity contribution is -0.113. The maximum atomic E-state index is 12.5. The van der Waals surface area contributed by atoms with E-state index in [0.29, 0.717) is 32.3 Å². The molecule has 162 valence electrons. The number of hydrogen-bond acceptors (Lipinski definition) is 5. The molecule has 0 aliphatic rings. The highest BCUT2D eigenvalue weighted by atomic mass is 79.9. The van der Waals surface area contributed by atoms with Crippen LogP contribution in [0, 0.1) is 0 Å². The summed E-state index contributed by atoms with van der Waals surface area (Å²) in [6.45, 7) is 1.80. The van der Waals surface area contributed by atoms with Crippen LogP contribution in [-0.2, 0) is 11.8 Å². The Morgan fingerprint density at radius 2 is 1.84 bits per heavy atom. The molecule has 11 heteroatoms. The van der Waals surface area contributed by atoms with E-state index in [2.05, 4.69) is 36.8 Å². The van der Waals surface area contributed by atoms with Crippen molar-refractivity contribution in [3.8, 4) is 0 Å². The van der Waals surface area contributed by atoms with Gasteiger partial charge in [0.2, 0.25) is 5.91 Å². The van der Waals surface area contributed by atoms with Crippen LogP contribution in [0.2, 0.25) is 10.0 Å². The number of carbonyl (C=O) groups is 2. The van der Waals surface area contributed by atoms with Crippen LogP contribution in [-0.4, -0.2) is 32.3 Å². The minimum atomic E-state index is -0.412. The largest absolute Gasteiger partial charge is 0.342 e. The van der Waals surface area contributed by atoms with Gasteiger partial charge >= 0.3 is 0 Å². The molecule has 2 amide bonds. The first-order valence-electron chi connectivity index (χ1n) is 9.08. The Bertz CT molecular complexity index is 1110. The van der Waals surface area contributed by atoms with E-state index < -0.39 is 6.04 Å². The quantitative estimate of drug-likeness (QED) is 0.405. The second-order valence-corrected chi connectivity index (χ2v) is 9.24. The third kappa shape index (κ3) is 6.22. The lowest BCUT2D eigenvalue weighted by Gasteiger charge is -2.14. The van der Waals surface area contributed by atoms with Crippen molar-refractivity contribution >= 4 is 68.4 Å². The zero-order valence-corrected chi connectivity index (χ0v) is 20.4. The Morgan fingerprint density at radius 3 is 2.52 bits per heavy atom. The fourth-order valence-electron chi connectivity index (χ4n) is 2.67. The van der Waals surface area contributed by atoms with Crippen LogP contribution in [0.15, 0.2) is 52.1 Å². The molecular formula is C20H18BrCl2N5O2S. The van der Waals surface area contributed by atoms with Crippen LogP contribution in [0.5, 0.6) is 0 Å². The first-order valence-corrected chi connectivity index (χ1v) is 11.6. The summed E-state index contributed by atoms with van der Waals surface area (Å²) < 4.78 is 2.68. The van der Waals surface area contributed by atoms with E-state index in [1.165, 1.54) is 17.8 Å². The molecule has 0 aliphatic heterocycles. The monoisotopic (exact) mass is 541 g/mol. The molecule has 1 heterocycles. The van der Waals surface area contributed by atoms with Crippen molar-refractivity contribution in [2.24, 2.45) is 7.05 Å². The molecular weight excluding hydrogens is 525 g/mol. The van der Waals surface area contributed by atoms with Crippen LogP contribution in [0.1, 0.15) is 29.1 Å². The smallest absolute Gasteiger partial charge is 0.251 e. The number of nitrogens with one attached hydrogen (secondary N) is 2. The van der Waals surface area contributed by atoms with E-state index in [-0.39, 0.29) is 17.6 Å². The first kappa shape index (κ1) is 23.6. The molecule has 0 fully saturated rings. The third-order valence-corrected chi connectivity index (χ3v) is 6.53. The molecule has 7 nitrogen and oxygen atoms in total. The van der Waals surface area contributed by atoms with Gasteiger partial charge in [-0.1, -0.05) is 50.9 Å². The van der Waals surface area contributed by atoms with E-state index in [0.717, 1.165) is 4.47 Å². The highest BCUT2D eigenvalue weighted by Gasteiger charge is 2.19. The van der Waals surface area contributed by atoms with Gasteiger partial charge in [-0.2, -0.15) is 0 Å². The maximum absolute atomic E-state index is 12.5. The fourth-order valence-corrected chi connectivity index (χ4v) is 3.95. The number of rotatable bonds is 7. The lowest BCUT2D eigenvalue weighted by Crippen LogP contribution is -2.28. The van der Waals surface area contributed by atoms with Gasteiger partial charge in [-0.3, -0.25) is 9.59 Å². The van der Waals surface area contributed by atoms with Gasteiger partial charge in [-0.25, -0.2) is 0 Å². The van der Waals surface area contributed by atoms with Crippen LogP contribution in [0.25, 0.3) is 0 Å². The van der Waals surface area contributed by atoms with E-state index in [1.54, 1.807) is 30.7 Å². The highest BCUT2D eigenvalue weighted by Crippen LogP contribution is 2.24. The molecule has 0 saturated carbocycles. The van der Waals surface area contributed by atoms with Crippen molar-refractivity contribution in [1.29, 1.82) is 0 Å². The second-order valence-electron chi connectivity index (χ2n) is 6.57. The summed E-state index contributed by atoms with van der Waals surface area (Å²) in [5, 5.41) is 15.2. The summed E-state index contributed by atoms with van der Waals surface area (Å²) in [5.41, 5.74) is 1.11. The molecule has 3 rings (SSSR count). The molecule has 2 aromatic carbocycles. The minimum Gasteiger partial charge on any atom is -0.342 e. The van der Waals surface area contributed by atoms with Crippen LogP contribution in [0.3, 0.4) is 0 Å². The van der Waals surface area contributed by atoms with Crippen LogP contribution in [0.4, 0.5) is 5.69 Å². The summed E-state index contributed by atoms with van der Waals surface area (Å²) in [6, 6.07) is 11.6. The molecule has 31 heavy (non-hydrogen) atoms. The summed E-state index contributed by atoms with van der Waals surface area (Å²) in [7, 11) is 1.78. The Morgan fingerprint density at radius 1 is 1.13 bits per heavy atom. The van der Waals surface area contributed by atoms with Gasteiger partial charge in [0, 0.05) is 22.8 Å². The molecule has 0 unspecified atom stereocenters. The Balaban J connectivity index is 1.58. The molecule has 0 saturated heterocycles. The van der Waals surface area contributed by atoms with E-state index >= 15 is 0 Å². The average molecular weight is 543 g/mol. The van der Waals surface area contributed by atoms with Gasteiger partial charge in [0.25, 0.3) is 5.91 Å². The molecule has 1 atom stereocenters. The number of nitrogens with zero attached hydrogens (tertiary/aromatic N) is 3. The van der Waals surface area contributed by atoms with Gasteiger partial charge in [0.05, 0.1) is 21.8 Å². The fraction of sp³-hybridized carbons (Fsp3) is 0.200. The first-order chi connectivity index (χ1) is 14.7. The van der Waals surface area contributed by atoms with Gasteiger partial charge in [-0.05, 0) is 49.4 Å². The Hall–Kier alpha value is -2.07. The molecule has 3 aromatic rings. The number of hydrogen-bond donors (Lipinski definition) is 2. The predicted octanol–water partition coefficient (Wildman–Crippen LogP) is 5.11. The van der Waals surface area contributed by atoms with Gasteiger partial charge in [0.1, 0.15) is 0 Å². The van der Waals surface area contributed by atoms with Gasteiger partial charge in [-0.15, -0.1) is 10.2 Å². The number of carbonyl (C=O) groups excluding carboxylic acids is 2. The van der Waals surface area contributed by atoms with Crippen molar-refractivity contribution in [1.82, 2.24) is 20.1 Å². The normalized spacial score (nSPS) is 11.8. The number of amides is 2. The minimum absolute atomic E-state index is 0.155. The molecule has 1 aromatic heterocycles. The molecule has 0 radical (unpaired) electrons. The molecule has 0 spiro atoms. The van der Waals surface area contributed by atoms with E-state index in [4.69, 9.17) is 23.2 Å². The highest BCUT2D eigenvalue weighted by molar-refractivity contribution is 9.10. The Labute approximate surface area is 202 Å². The van der Waals surface area contributed by atoms with Crippen molar-refractivity contribution < 1.29 is 9.59 Å². The number of aromatic nitrogens is 3. The van der Waals surface area contributed by atoms with E-state index in [9.17, 15) is 9.59 Å². The van der Waals surface area contributed by atoms with Crippen LogP contribution >= 0.6 is 50.9 Å². The van der Waals surface area contributed by atoms with Gasteiger partial charge in [0.15, 0.2) is 11.0 Å².